The number of hydrogen-bond donors (Lipinski definition) is 1. The van der Waals surface area contributed by atoms with E-state index in [1.54, 1.807) is 0 Å². The maximum Gasteiger partial charge on any atom is 0.223 e. The van der Waals surface area contributed by atoms with Crippen molar-refractivity contribution in [2.45, 2.75) is 45.6 Å². The predicted molar refractivity (Wildman–Crippen MR) is 66.4 cm³/mol. The van der Waals surface area contributed by atoms with Gasteiger partial charge in [-0.25, -0.2) is 0 Å². The number of rotatable bonds is 5. The summed E-state index contributed by atoms with van der Waals surface area (Å²) in [4.78, 5) is 12.1. The van der Waals surface area contributed by atoms with Gasteiger partial charge in [0.05, 0.1) is 0 Å². The molecule has 0 aromatic heterocycles. The second-order valence-corrected chi connectivity index (χ2v) is 6.00. The molecule has 2 aliphatic rings. The summed E-state index contributed by atoms with van der Waals surface area (Å²) in [7, 11) is 0. The van der Waals surface area contributed by atoms with Crippen molar-refractivity contribution in [3.05, 3.63) is 0 Å². The average Bonchev–Trinajstić information content (AvgIpc) is 2.72. The van der Waals surface area contributed by atoms with Gasteiger partial charge in [0.25, 0.3) is 0 Å². The zero-order valence-electron chi connectivity index (χ0n) is 10.2. The van der Waals surface area contributed by atoms with Crippen molar-refractivity contribution in [3.63, 3.8) is 0 Å². The highest BCUT2D eigenvalue weighted by Gasteiger charge is 2.56. The van der Waals surface area contributed by atoms with Gasteiger partial charge in [0, 0.05) is 17.8 Å². The maximum atomic E-state index is 12.1. The molecule has 0 aliphatic heterocycles. The number of halogens is 1. The van der Waals surface area contributed by atoms with E-state index in [2.05, 4.69) is 19.2 Å². The molecule has 2 aliphatic carbocycles. The predicted octanol–water partition coefficient (Wildman–Crippen LogP) is 2.80. The summed E-state index contributed by atoms with van der Waals surface area (Å²) >= 11 is 5.76. The average molecular weight is 244 g/mol. The molecule has 0 saturated heterocycles. The van der Waals surface area contributed by atoms with Crippen LogP contribution in [-0.2, 0) is 4.79 Å². The molecule has 2 nitrogen and oxygen atoms in total. The molecule has 0 radical (unpaired) electrons. The number of fused-ring (bicyclic) bond motifs is 1. The van der Waals surface area contributed by atoms with Crippen molar-refractivity contribution in [1.82, 2.24) is 5.32 Å². The minimum absolute atomic E-state index is 0.256. The number of carbonyl (C=O) groups is 1. The van der Waals surface area contributed by atoms with E-state index in [1.165, 1.54) is 19.3 Å². The smallest absolute Gasteiger partial charge is 0.223 e. The van der Waals surface area contributed by atoms with Crippen molar-refractivity contribution in [2.24, 2.45) is 23.7 Å². The number of hydrogen-bond acceptors (Lipinski definition) is 1. The molecule has 0 spiro atoms. The lowest BCUT2D eigenvalue weighted by Crippen LogP contribution is -2.40. The largest absolute Gasteiger partial charge is 0.353 e. The van der Waals surface area contributed by atoms with E-state index < -0.39 is 0 Å². The zero-order chi connectivity index (χ0) is 11.7. The van der Waals surface area contributed by atoms with E-state index in [4.69, 9.17) is 11.6 Å². The Morgan fingerprint density at radius 1 is 1.38 bits per heavy atom. The Morgan fingerprint density at radius 3 is 2.50 bits per heavy atom. The van der Waals surface area contributed by atoms with Gasteiger partial charge in [0.15, 0.2) is 0 Å². The molecule has 3 heteroatoms. The first kappa shape index (κ1) is 12.2. The number of alkyl halides is 1. The molecule has 0 aromatic carbocycles. The number of carbonyl (C=O) groups excluding carboxylic acids is 1. The monoisotopic (exact) mass is 243 g/mol. The lowest BCUT2D eigenvalue weighted by molar-refractivity contribution is -0.124. The van der Waals surface area contributed by atoms with Gasteiger partial charge in [0.2, 0.25) is 5.91 Å². The van der Waals surface area contributed by atoms with E-state index in [1.807, 2.05) is 0 Å². The van der Waals surface area contributed by atoms with Crippen LogP contribution in [0.25, 0.3) is 0 Å². The van der Waals surface area contributed by atoms with Crippen LogP contribution in [-0.4, -0.2) is 17.8 Å². The molecule has 1 amide bonds. The second kappa shape index (κ2) is 4.95. The van der Waals surface area contributed by atoms with Crippen molar-refractivity contribution >= 4 is 17.5 Å². The summed E-state index contributed by atoms with van der Waals surface area (Å²) in [6, 6.07) is 0.256. The maximum absolute atomic E-state index is 12.1. The molecule has 2 fully saturated rings. The molecular weight excluding hydrogens is 222 g/mol. The molecule has 2 rings (SSSR count). The third kappa shape index (κ3) is 2.37. The fourth-order valence-electron chi connectivity index (χ4n) is 3.18. The minimum Gasteiger partial charge on any atom is -0.353 e. The van der Waals surface area contributed by atoms with E-state index >= 15 is 0 Å². The highest BCUT2D eigenvalue weighted by Crippen LogP contribution is 2.57. The van der Waals surface area contributed by atoms with Crippen LogP contribution in [0, 0.1) is 23.7 Å². The van der Waals surface area contributed by atoms with E-state index in [0.29, 0.717) is 35.5 Å². The topological polar surface area (TPSA) is 29.1 Å². The van der Waals surface area contributed by atoms with E-state index in [9.17, 15) is 4.79 Å². The van der Waals surface area contributed by atoms with Gasteiger partial charge < -0.3 is 5.32 Å². The first-order chi connectivity index (χ1) is 7.65. The number of nitrogens with one attached hydrogen (secondary N) is 1. The highest BCUT2D eigenvalue weighted by molar-refractivity contribution is 6.17. The van der Waals surface area contributed by atoms with Crippen molar-refractivity contribution in [3.8, 4) is 0 Å². The van der Waals surface area contributed by atoms with Crippen molar-refractivity contribution in [2.75, 3.05) is 5.88 Å². The standard InChI is InChI=1S/C13H22ClNO/c1-8(2)11(6-7-14)15-13(16)12-9-4-3-5-10(9)12/h8-12H,3-7H2,1-2H3,(H,15,16). The molecule has 16 heavy (non-hydrogen) atoms. The van der Waals surface area contributed by atoms with Crippen LogP contribution in [0.2, 0.25) is 0 Å². The summed E-state index contributed by atoms with van der Waals surface area (Å²) in [6.07, 6.45) is 4.75. The van der Waals surface area contributed by atoms with Gasteiger partial charge >= 0.3 is 0 Å². The first-order valence-corrected chi connectivity index (χ1v) is 7.05. The molecule has 3 unspecified atom stereocenters. The third-order valence-corrected chi connectivity index (χ3v) is 4.48. The fourth-order valence-corrected chi connectivity index (χ4v) is 3.41. The van der Waals surface area contributed by atoms with Gasteiger partial charge in [-0.05, 0) is 37.0 Å². The van der Waals surface area contributed by atoms with Crippen molar-refractivity contribution in [1.29, 1.82) is 0 Å². The van der Waals surface area contributed by atoms with Gasteiger partial charge in [-0.1, -0.05) is 20.3 Å². The molecule has 1 N–H and O–H groups in total. The third-order valence-electron chi connectivity index (χ3n) is 4.26. The van der Waals surface area contributed by atoms with Crippen LogP contribution >= 0.6 is 11.6 Å². The van der Waals surface area contributed by atoms with Gasteiger partial charge in [-0.3, -0.25) is 4.79 Å². The Kier molecular flexibility index (Phi) is 3.78. The normalized spacial score (nSPS) is 33.6. The number of amides is 1. The summed E-state index contributed by atoms with van der Waals surface area (Å²) in [6.45, 7) is 4.29. The Bertz CT molecular complexity index is 257. The van der Waals surface area contributed by atoms with Crippen LogP contribution in [0.4, 0.5) is 0 Å². The molecule has 0 aromatic rings. The lowest BCUT2D eigenvalue weighted by Gasteiger charge is -2.22. The molecule has 92 valence electrons. The Hall–Kier alpha value is -0.240. The van der Waals surface area contributed by atoms with Crippen LogP contribution < -0.4 is 5.32 Å². The first-order valence-electron chi connectivity index (χ1n) is 6.51. The van der Waals surface area contributed by atoms with Crippen LogP contribution in [0.5, 0.6) is 0 Å². The van der Waals surface area contributed by atoms with Gasteiger partial charge in [-0.2, -0.15) is 0 Å². The van der Waals surface area contributed by atoms with Crippen LogP contribution in [0.1, 0.15) is 39.5 Å². The van der Waals surface area contributed by atoms with Crippen LogP contribution in [0.3, 0.4) is 0 Å². The zero-order valence-corrected chi connectivity index (χ0v) is 11.0. The summed E-state index contributed by atoms with van der Waals surface area (Å²) in [5.41, 5.74) is 0. The highest BCUT2D eigenvalue weighted by atomic mass is 35.5. The quantitative estimate of drug-likeness (QED) is 0.740. The molecule has 3 atom stereocenters. The Labute approximate surface area is 103 Å². The summed E-state index contributed by atoms with van der Waals surface area (Å²) in [5, 5.41) is 3.18. The minimum atomic E-state index is 0.256. The lowest BCUT2D eigenvalue weighted by atomic mass is 10.0. The summed E-state index contributed by atoms with van der Waals surface area (Å²) < 4.78 is 0. The SMILES string of the molecule is CC(C)C(CCCl)NC(=O)C1C2CCCC21. The van der Waals surface area contributed by atoms with E-state index in [-0.39, 0.29) is 6.04 Å². The Morgan fingerprint density at radius 2 is 2.00 bits per heavy atom. The molecule has 2 saturated carbocycles. The Balaban J connectivity index is 1.82. The summed E-state index contributed by atoms with van der Waals surface area (Å²) in [5.74, 6) is 3.15. The molecular formula is C13H22ClNO. The van der Waals surface area contributed by atoms with E-state index in [0.717, 1.165) is 6.42 Å². The second-order valence-electron chi connectivity index (χ2n) is 5.62. The molecule has 0 bridgehead atoms. The molecule has 0 heterocycles. The fraction of sp³-hybridized carbons (Fsp3) is 0.923. The van der Waals surface area contributed by atoms with Crippen LogP contribution in [0.15, 0.2) is 0 Å². The van der Waals surface area contributed by atoms with Gasteiger partial charge in [0.1, 0.15) is 0 Å². The van der Waals surface area contributed by atoms with Gasteiger partial charge in [-0.15, -0.1) is 11.6 Å². The van der Waals surface area contributed by atoms with Crippen molar-refractivity contribution < 1.29 is 4.79 Å².